The summed E-state index contributed by atoms with van der Waals surface area (Å²) < 4.78 is 6.91. The van der Waals surface area contributed by atoms with E-state index in [-0.39, 0.29) is 0 Å². The Balaban J connectivity index is 2.88. The van der Waals surface area contributed by atoms with Crippen molar-refractivity contribution in [3.05, 3.63) is 17.5 Å². The first kappa shape index (κ1) is 8.27. The molecule has 3 nitrogen and oxygen atoms in total. The molecule has 0 radical (unpaired) electrons. The first-order chi connectivity index (χ1) is 5.29. The lowest BCUT2D eigenvalue weighted by molar-refractivity contribution is 0.177. The number of aromatic nitrogens is 2. The smallest absolute Gasteiger partial charge is 0.0883 e. The Hall–Kier alpha value is -0.830. The maximum atomic E-state index is 5.05. The van der Waals surface area contributed by atoms with Crippen LogP contribution in [-0.4, -0.2) is 16.9 Å². The summed E-state index contributed by atoms with van der Waals surface area (Å²) in [6.45, 7) is 2.77. The van der Waals surface area contributed by atoms with Crippen molar-refractivity contribution >= 4 is 0 Å². The van der Waals surface area contributed by atoms with Crippen LogP contribution in [0.1, 0.15) is 18.2 Å². The molecule has 0 aliphatic rings. The van der Waals surface area contributed by atoms with Gasteiger partial charge in [-0.2, -0.15) is 5.10 Å². The average Bonchev–Trinajstić information content (AvgIpc) is 2.34. The Kier molecular flexibility index (Phi) is 2.65. The first-order valence-electron chi connectivity index (χ1n) is 3.78. The van der Waals surface area contributed by atoms with Gasteiger partial charge in [-0.05, 0) is 12.0 Å². The Labute approximate surface area is 67.0 Å². The molecule has 1 rings (SSSR count). The van der Waals surface area contributed by atoms with Crippen LogP contribution in [0.4, 0.5) is 0 Å². The summed E-state index contributed by atoms with van der Waals surface area (Å²) >= 11 is 0. The molecule has 0 aliphatic carbocycles. The quantitative estimate of drug-likeness (QED) is 0.652. The van der Waals surface area contributed by atoms with Crippen LogP contribution < -0.4 is 0 Å². The summed E-state index contributed by atoms with van der Waals surface area (Å²) in [7, 11) is 3.64. The molecule has 0 saturated carbocycles. The van der Waals surface area contributed by atoms with Crippen molar-refractivity contribution < 1.29 is 4.74 Å². The van der Waals surface area contributed by atoms with Crippen LogP contribution in [0.3, 0.4) is 0 Å². The molecule has 0 fully saturated rings. The molecule has 0 bridgehead atoms. The number of aryl methyl sites for hydroxylation is 2. The zero-order valence-corrected chi connectivity index (χ0v) is 7.29. The van der Waals surface area contributed by atoms with Gasteiger partial charge in [0.1, 0.15) is 0 Å². The number of rotatable bonds is 3. The van der Waals surface area contributed by atoms with Crippen molar-refractivity contribution in [2.45, 2.75) is 20.0 Å². The van der Waals surface area contributed by atoms with E-state index in [0.717, 1.165) is 6.42 Å². The second-order valence-electron chi connectivity index (χ2n) is 2.53. The third-order valence-electron chi connectivity index (χ3n) is 1.81. The van der Waals surface area contributed by atoms with Crippen molar-refractivity contribution in [2.75, 3.05) is 7.11 Å². The van der Waals surface area contributed by atoms with E-state index in [9.17, 15) is 0 Å². The molecule has 0 spiro atoms. The lowest BCUT2D eigenvalue weighted by atomic mass is 10.2. The van der Waals surface area contributed by atoms with Gasteiger partial charge in [-0.15, -0.1) is 0 Å². The van der Waals surface area contributed by atoms with Crippen LogP contribution in [-0.2, 0) is 24.8 Å². The molecule has 62 valence electrons. The fraction of sp³-hybridized carbons (Fsp3) is 0.625. The zero-order valence-electron chi connectivity index (χ0n) is 7.29. The van der Waals surface area contributed by atoms with E-state index in [4.69, 9.17) is 4.74 Å². The normalized spacial score (nSPS) is 10.5. The second kappa shape index (κ2) is 3.53. The summed E-state index contributed by atoms with van der Waals surface area (Å²) in [5.74, 6) is 0. The molecule has 11 heavy (non-hydrogen) atoms. The van der Waals surface area contributed by atoms with Gasteiger partial charge >= 0.3 is 0 Å². The second-order valence-corrected chi connectivity index (χ2v) is 2.53. The van der Waals surface area contributed by atoms with Gasteiger partial charge in [-0.3, -0.25) is 4.68 Å². The Morgan fingerprint density at radius 3 is 2.91 bits per heavy atom. The monoisotopic (exact) mass is 154 g/mol. The first-order valence-corrected chi connectivity index (χ1v) is 3.78. The predicted octanol–water partition coefficient (Wildman–Crippen LogP) is 1.13. The number of methoxy groups -OCH3 is 1. The number of hydrogen-bond acceptors (Lipinski definition) is 2. The number of nitrogens with zero attached hydrogens (tertiary/aromatic N) is 2. The van der Waals surface area contributed by atoms with E-state index >= 15 is 0 Å². The SMILES string of the molecule is CCc1cnn(C)c1COC. The van der Waals surface area contributed by atoms with Crippen LogP contribution in [0.15, 0.2) is 6.20 Å². The zero-order chi connectivity index (χ0) is 8.27. The Morgan fingerprint density at radius 1 is 1.64 bits per heavy atom. The molecule has 0 amide bonds. The topological polar surface area (TPSA) is 27.1 Å². The van der Waals surface area contributed by atoms with Crippen molar-refractivity contribution in [1.82, 2.24) is 9.78 Å². The third-order valence-corrected chi connectivity index (χ3v) is 1.81. The van der Waals surface area contributed by atoms with Crippen LogP contribution in [0.25, 0.3) is 0 Å². The fourth-order valence-electron chi connectivity index (χ4n) is 1.13. The fourth-order valence-corrected chi connectivity index (χ4v) is 1.13. The molecule has 0 atom stereocenters. The van der Waals surface area contributed by atoms with E-state index < -0.39 is 0 Å². The van der Waals surface area contributed by atoms with Crippen LogP contribution >= 0.6 is 0 Å². The highest BCUT2D eigenvalue weighted by molar-refractivity contribution is 5.16. The van der Waals surface area contributed by atoms with Crippen molar-refractivity contribution in [2.24, 2.45) is 7.05 Å². The van der Waals surface area contributed by atoms with Gasteiger partial charge in [0, 0.05) is 14.2 Å². The highest BCUT2D eigenvalue weighted by atomic mass is 16.5. The molecule has 0 unspecified atom stereocenters. The molecule has 0 aromatic carbocycles. The molecule has 3 heteroatoms. The molecule has 0 aliphatic heterocycles. The van der Waals surface area contributed by atoms with Gasteiger partial charge in [0.15, 0.2) is 0 Å². The van der Waals surface area contributed by atoms with Crippen molar-refractivity contribution in [3.63, 3.8) is 0 Å². The van der Waals surface area contributed by atoms with Crippen LogP contribution in [0.2, 0.25) is 0 Å². The van der Waals surface area contributed by atoms with Gasteiger partial charge in [0.25, 0.3) is 0 Å². The third kappa shape index (κ3) is 1.60. The molecule has 0 saturated heterocycles. The highest BCUT2D eigenvalue weighted by Gasteiger charge is 2.04. The highest BCUT2D eigenvalue weighted by Crippen LogP contribution is 2.08. The molecular weight excluding hydrogens is 140 g/mol. The Bertz CT molecular complexity index is 230. The van der Waals surface area contributed by atoms with Gasteiger partial charge < -0.3 is 4.74 Å². The van der Waals surface area contributed by atoms with Crippen LogP contribution in [0, 0.1) is 0 Å². The summed E-state index contributed by atoms with van der Waals surface area (Å²) in [6.07, 6.45) is 2.92. The van der Waals surface area contributed by atoms with Crippen LogP contribution in [0.5, 0.6) is 0 Å². The van der Waals surface area contributed by atoms with Gasteiger partial charge in [-0.1, -0.05) is 6.92 Å². The number of hydrogen-bond donors (Lipinski definition) is 0. The lowest BCUT2D eigenvalue weighted by Gasteiger charge is -2.01. The van der Waals surface area contributed by atoms with Crippen molar-refractivity contribution in [3.8, 4) is 0 Å². The average molecular weight is 154 g/mol. The minimum atomic E-state index is 0.652. The van der Waals surface area contributed by atoms with Gasteiger partial charge in [-0.25, -0.2) is 0 Å². The van der Waals surface area contributed by atoms with Gasteiger partial charge in [0.05, 0.1) is 18.5 Å². The number of ether oxygens (including phenoxy) is 1. The van der Waals surface area contributed by atoms with Crippen molar-refractivity contribution in [1.29, 1.82) is 0 Å². The van der Waals surface area contributed by atoms with E-state index in [1.807, 2.05) is 17.9 Å². The molecule has 1 aromatic rings. The predicted molar refractivity (Wildman–Crippen MR) is 43.3 cm³/mol. The minimum Gasteiger partial charge on any atom is -0.378 e. The van der Waals surface area contributed by atoms with E-state index in [1.165, 1.54) is 11.3 Å². The largest absolute Gasteiger partial charge is 0.378 e. The maximum absolute atomic E-state index is 5.05. The summed E-state index contributed by atoms with van der Waals surface area (Å²) in [4.78, 5) is 0. The van der Waals surface area contributed by atoms with Gasteiger partial charge in [0.2, 0.25) is 0 Å². The molecular formula is C8H14N2O. The van der Waals surface area contributed by atoms with E-state index in [1.54, 1.807) is 7.11 Å². The summed E-state index contributed by atoms with van der Waals surface area (Å²) in [5.41, 5.74) is 2.45. The van der Waals surface area contributed by atoms with E-state index in [2.05, 4.69) is 12.0 Å². The van der Waals surface area contributed by atoms with E-state index in [0.29, 0.717) is 6.61 Å². The maximum Gasteiger partial charge on any atom is 0.0883 e. The summed E-state index contributed by atoms with van der Waals surface area (Å²) in [6, 6.07) is 0. The lowest BCUT2D eigenvalue weighted by Crippen LogP contribution is -2.01. The molecule has 1 aromatic heterocycles. The minimum absolute atomic E-state index is 0.652. The molecule has 0 N–H and O–H groups in total. The Morgan fingerprint density at radius 2 is 2.36 bits per heavy atom. The summed E-state index contributed by atoms with van der Waals surface area (Å²) in [5, 5.41) is 4.14. The molecule has 1 heterocycles. The standard InChI is InChI=1S/C8H14N2O/c1-4-7-5-9-10(2)8(7)6-11-3/h5H,4,6H2,1-3H3.